The summed E-state index contributed by atoms with van der Waals surface area (Å²) in [6, 6.07) is 0. The van der Waals surface area contributed by atoms with Gasteiger partial charge in [0.15, 0.2) is 0 Å². The summed E-state index contributed by atoms with van der Waals surface area (Å²) in [5.41, 5.74) is 7.32. The number of aliphatic carboxylic acids is 1. The van der Waals surface area contributed by atoms with Crippen molar-refractivity contribution < 1.29 is 14.6 Å². The Bertz CT molecular complexity index is 500. The van der Waals surface area contributed by atoms with Gasteiger partial charge < -0.3 is 15.6 Å². The van der Waals surface area contributed by atoms with Gasteiger partial charge in [-0.25, -0.2) is 0 Å². The topological polar surface area (TPSA) is 85.4 Å². The molecule has 0 bridgehead atoms. The number of carboxylic acid groups (broad SMARTS) is 1. The predicted molar refractivity (Wildman–Crippen MR) is 77.9 cm³/mol. The Kier molecular flexibility index (Phi) is 5.11. The molecule has 5 nitrogen and oxygen atoms in total. The van der Waals surface area contributed by atoms with Gasteiger partial charge in [0.1, 0.15) is 5.75 Å². The molecular formula is C15H24N2O3. The number of nitrogens with two attached hydrogens (primary N) is 1. The van der Waals surface area contributed by atoms with E-state index in [0.29, 0.717) is 6.42 Å². The first kappa shape index (κ1) is 16.4. The fourth-order valence-corrected chi connectivity index (χ4v) is 2.47. The van der Waals surface area contributed by atoms with Gasteiger partial charge in [0, 0.05) is 36.0 Å². The van der Waals surface area contributed by atoms with Crippen molar-refractivity contribution in [3.8, 4) is 5.75 Å². The van der Waals surface area contributed by atoms with Gasteiger partial charge in [-0.1, -0.05) is 13.8 Å². The molecule has 5 heteroatoms. The van der Waals surface area contributed by atoms with Crippen LogP contribution in [-0.4, -0.2) is 29.7 Å². The molecule has 0 fully saturated rings. The Morgan fingerprint density at radius 2 is 2.10 bits per heavy atom. The Balaban J connectivity index is 3.29. The zero-order valence-electron chi connectivity index (χ0n) is 12.9. The highest BCUT2D eigenvalue weighted by Crippen LogP contribution is 2.34. The van der Waals surface area contributed by atoms with Gasteiger partial charge in [-0.15, -0.1) is 0 Å². The van der Waals surface area contributed by atoms with E-state index in [9.17, 15) is 9.90 Å². The van der Waals surface area contributed by atoms with E-state index in [2.05, 4.69) is 4.98 Å². The Morgan fingerprint density at radius 1 is 1.50 bits per heavy atom. The quantitative estimate of drug-likeness (QED) is 0.831. The molecule has 112 valence electrons. The third-order valence-electron chi connectivity index (χ3n) is 4.13. The summed E-state index contributed by atoms with van der Waals surface area (Å²) >= 11 is 0. The van der Waals surface area contributed by atoms with Crippen LogP contribution in [0.25, 0.3) is 0 Å². The van der Waals surface area contributed by atoms with E-state index in [1.54, 1.807) is 13.3 Å². The van der Waals surface area contributed by atoms with E-state index < -0.39 is 11.4 Å². The van der Waals surface area contributed by atoms with Gasteiger partial charge in [0.2, 0.25) is 0 Å². The van der Waals surface area contributed by atoms with E-state index in [4.69, 9.17) is 10.5 Å². The van der Waals surface area contributed by atoms with Crippen molar-refractivity contribution >= 4 is 5.97 Å². The van der Waals surface area contributed by atoms with Gasteiger partial charge in [-0.3, -0.25) is 9.78 Å². The fraction of sp³-hybridized carbons (Fsp3) is 0.600. The number of hydrogen-bond acceptors (Lipinski definition) is 4. The van der Waals surface area contributed by atoms with Gasteiger partial charge in [-0.05, 0) is 19.8 Å². The number of hydrogen-bond donors (Lipinski definition) is 2. The van der Waals surface area contributed by atoms with Crippen LogP contribution in [-0.2, 0) is 11.2 Å². The summed E-state index contributed by atoms with van der Waals surface area (Å²) in [7, 11) is 1.61. The minimum Gasteiger partial charge on any atom is -0.496 e. The van der Waals surface area contributed by atoms with Crippen LogP contribution < -0.4 is 10.5 Å². The molecular weight excluding hydrogens is 256 g/mol. The number of aryl methyl sites for hydroxylation is 1. The first-order chi connectivity index (χ1) is 9.30. The summed E-state index contributed by atoms with van der Waals surface area (Å²) in [5, 5.41) is 9.59. The Hall–Kier alpha value is -1.62. The minimum absolute atomic E-state index is 0.0807. The maximum atomic E-state index is 11.7. The molecule has 1 aromatic heterocycles. The monoisotopic (exact) mass is 280 g/mol. The molecule has 0 saturated carbocycles. The number of ether oxygens (including phenoxy) is 1. The van der Waals surface area contributed by atoms with Crippen LogP contribution in [0.2, 0.25) is 0 Å². The Labute approximate surface area is 120 Å². The fourth-order valence-electron chi connectivity index (χ4n) is 2.47. The molecule has 1 aromatic rings. The number of methoxy groups -OCH3 is 1. The largest absolute Gasteiger partial charge is 0.496 e. The van der Waals surface area contributed by atoms with Crippen molar-refractivity contribution in [1.82, 2.24) is 4.98 Å². The highest BCUT2D eigenvalue weighted by Gasteiger charge is 2.41. The second-order valence-corrected chi connectivity index (χ2v) is 5.54. The first-order valence-electron chi connectivity index (χ1n) is 6.72. The lowest BCUT2D eigenvalue weighted by molar-refractivity contribution is -0.151. The molecule has 0 spiro atoms. The van der Waals surface area contributed by atoms with Crippen LogP contribution in [0, 0.1) is 25.2 Å². The van der Waals surface area contributed by atoms with E-state index >= 15 is 0 Å². The zero-order chi connectivity index (χ0) is 15.5. The molecule has 0 aliphatic heterocycles. The summed E-state index contributed by atoms with van der Waals surface area (Å²) in [4.78, 5) is 16.1. The molecule has 0 saturated heterocycles. The molecule has 1 rings (SSSR count). The summed E-state index contributed by atoms with van der Waals surface area (Å²) < 4.78 is 5.37. The molecule has 0 radical (unpaired) electrons. The van der Waals surface area contributed by atoms with Crippen molar-refractivity contribution in [3.63, 3.8) is 0 Å². The third kappa shape index (κ3) is 2.77. The van der Waals surface area contributed by atoms with Crippen LogP contribution in [0.1, 0.15) is 30.7 Å². The van der Waals surface area contributed by atoms with E-state index in [0.717, 1.165) is 22.6 Å². The summed E-state index contributed by atoms with van der Waals surface area (Å²) in [6.07, 6.45) is 2.02. The van der Waals surface area contributed by atoms with Gasteiger partial charge >= 0.3 is 5.97 Å². The van der Waals surface area contributed by atoms with Crippen molar-refractivity contribution in [3.05, 3.63) is 23.0 Å². The smallest absolute Gasteiger partial charge is 0.311 e. The lowest BCUT2D eigenvalue weighted by Crippen LogP contribution is -2.45. The molecule has 20 heavy (non-hydrogen) atoms. The van der Waals surface area contributed by atoms with Crippen molar-refractivity contribution in [2.24, 2.45) is 17.1 Å². The lowest BCUT2D eigenvalue weighted by atomic mass is 9.73. The molecule has 1 heterocycles. The number of rotatable bonds is 6. The predicted octanol–water partition coefficient (Wildman–Crippen LogP) is 1.94. The standard InChI is InChI=1S/C15H24N2O3/c1-9(2)15(8-16,14(18)19)6-12-11(4)13(20-5)10(3)7-17-12/h7,9H,6,8,16H2,1-5H3,(H,18,19). The maximum Gasteiger partial charge on any atom is 0.311 e. The van der Waals surface area contributed by atoms with Crippen molar-refractivity contribution in [2.75, 3.05) is 13.7 Å². The van der Waals surface area contributed by atoms with Crippen LogP contribution >= 0.6 is 0 Å². The Morgan fingerprint density at radius 3 is 2.50 bits per heavy atom. The summed E-state index contributed by atoms with van der Waals surface area (Å²) in [5.74, 6) is -0.204. The lowest BCUT2D eigenvalue weighted by Gasteiger charge is -2.32. The SMILES string of the molecule is COc1c(C)cnc(CC(CN)(C(=O)O)C(C)C)c1C. The van der Waals surface area contributed by atoms with Crippen LogP contribution in [0.15, 0.2) is 6.20 Å². The number of nitrogens with zero attached hydrogens (tertiary/aromatic N) is 1. The number of aromatic nitrogens is 1. The molecule has 3 N–H and O–H groups in total. The van der Waals surface area contributed by atoms with E-state index in [1.807, 2.05) is 27.7 Å². The van der Waals surface area contributed by atoms with Crippen molar-refractivity contribution in [1.29, 1.82) is 0 Å². The maximum absolute atomic E-state index is 11.7. The minimum atomic E-state index is -1.00. The average molecular weight is 280 g/mol. The van der Waals surface area contributed by atoms with Crippen LogP contribution in [0.5, 0.6) is 5.75 Å². The molecule has 0 amide bonds. The molecule has 1 unspecified atom stereocenters. The highest BCUT2D eigenvalue weighted by atomic mass is 16.5. The number of carboxylic acids is 1. The number of pyridine rings is 1. The normalized spacial score (nSPS) is 14.2. The van der Waals surface area contributed by atoms with Gasteiger partial charge in [-0.2, -0.15) is 0 Å². The molecule has 0 aliphatic carbocycles. The molecule has 0 aliphatic rings. The van der Waals surface area contributed by atoms with Crippen LogP contribution in [0.3, 0.4) is 0 Å². The molecule has 1 atom stereocenters. The van der Waals surface area contributed by atoms with Crippen molar-refractivity contribution in [2.45, 2.75) is 34.1 Å². The average Bonchev–Trinajstić information content (AvgIpc) is 2.38. The van der Waals surface area contributed by atoms with E-state index in [-0.39, 0.29) is 12.5 Å². The third-order valence-corrected chi connectivity index (χ3v) is 4.13. The summed E-state index contributed by atoms with van der Waals surface area (Å²) in [6.45, 7) is 7.65. The van der Waals surface area contributed by atoms with Gasteiger partial charge in [0.25, 0.3) is 0 Å². The van der Waals surface area contributed by atoms with Crippen LogP contribution in [0.4, 0.5) is 0 Å². The second-order valence-electron chi connectivity index (χ2n) is 5.54. The second kappa shape index (κ2) is 6.22. The highest BCUT2D eigenvalue weighted by molar-refractivity contribution is 5.76. The van der Waals surface area contributed by atoms with Gasteiger partial charge in [0.05, 0.1) is 12.5 Å². The molecule has 0 aromatic carbocycles. The van der Waals surface area contributed by atoms with E-state index in [1.165, 1.54) is 0 Å². The zero-order valence-corrected chi connectivity index (χ0v) is 12.9. The first-order valence-corrected chi connectivity index (χ1v) is 6.72. The number of carbonyl (C=O) groups is 1.